The number of hydrogen-bond donors (Lipinski definition) is 1. The number of nitrogens with zero attached hydrogens (tertiary/aromatic N) is 2. The van der Waals surface area contributed by atoms with Crippen molar-refractivity contribution in [1.82, 2.24) is 10.2 Å². The number of hydrogen-bond acceptors (Lipinski definition) is 5. The van der Waals surface area contributed by atoms with Crippen molar-refractivity contribution in [3.05, 3.63) is 84.7 Å². The van der Waals surface area contributed by atoms with Crippen LogP contribution in [0.25, 0.3) is 22.6 Å². The smallest absolute Gasteiger partial charge is 0.277 e. The van der Waals surface area contributed by atoms with E-state index in [2.05, 4.69) is 15.5 Å². The molecule has 0 atom stereocenters. The van der Waals surface area contributed by atoms with Gasteiger partial charge in [0, 0.05) is 5.69 Å². The minimum Gasteiger partial charge on any atom is -0.411 e. The van der Waals surface area contributed by atoms with Gasteiger partial charge in [-0.05, 0) is 35.4 Å². The SMILES string of the molecule is O=C(CSc1nnc(-c2ccccc2F)o1)Nc1ccc(-c2ccccc2)cc1. The second-order valence-electron chi connectivity index (χ2n) is 6.13. The average Bonchev–Trinajstić information content (AvgIpc) is 3.23. The standard InChI is InChI=1S/C22H16FN3O2S/c23-19-9-5-4-8-18(19)21-25-26-22(28-21)29-14-20(27)24-17-12-10-16(11-13-17)15-6-2-1-3-7-15/h1-13H,14H2,(H,24,27). The quantitative estimate of drug-likeness (QED) is 0.443. The van der Waals surface area contributed by atoms with Crippen LogP contribution in [0.2, 0.25) is 0 Å². The lowest BCUT2D eigenvalue weighted by Gasteiger charge is -2.06. The zero-order valence-corrected chi connectivity index (χ0v) is 16.0. The highest BCUT2D eigenvalue weighted by molar-refractivity contribution is 7.99. The molecule has 0 bridgehead atoms. The molecule has 7 heteroatoms. The highest BCUT2D eigenvalue weighted by Gasteiger charge is 2.14. The Hall–Kier alpha value is -3.45. The van der Waals surface area contributed by atoms with Crippen LogP contribution in [0.15, 0.2) is 88.5 Å². The minimum absolute atomic E-state index is 0.0857. The number of amides is 1. The molecule has 3 aromatic carbocycles. The van der Waals surface area contributed by atoms with Crippen LogP contribution in [0.3, 0.4) is 0 Å². The molecule has 0 aliphatic heterocycles. The van der Waals surface area contributed by atoms with Crippen LogP contribution >= 0.6 is 11.8 Å². The summed E-state index contributed by atoms with van der Waals surface area (Å²) < 4.78 is 19.2. The maximum Gasteiger partial charge on any atom is 0.277 e. The monoisotopic (exact) mass is 405 g/mol. The van der Waals surface area contributed by atoms with Gasteiger partial charge in [0.1, 0.15) is 5.82 Å². The number of carbonyl (C=O) groups excluding carboxylic acids is 1. The number of halogens is 1. The van der Waals surface area contributed by atoms with E-state index in [0.717, 1.165) is 22.9 Å². The van der Waals surface area contributed by atoms with E-state index in [1.165, 1.54) is 6.07 Å². The Labute approximate surface area is 171 Å². The van der Waals surface area contributed by atoms with E-state index in [-0.39, 0.29) is 28.3 Å². The lowest BCUT2D eigenvalue weighted by atomic mass is 10.1. The summed E-state index contributed by atoms with van der Waals surface area (Å²) in [5.41, 5.74) is 3.12. The molecule has 1 heterocycles. The third-order valence-corrected chi connectivity index (χ3v) is 4.93. The fourth-order valence-corrected chi connectivity index (χ4v) is 3.28. The van der Waals surface area contributed by atoms with Crippen LogP contribution in [-0.2, 0) is 4.79 Å². The van der Waals surface area contributed by atoms with Gasteiger partial charge in [-0.25, -0.2) is 4.39 Å². The maximum absolute atomic E-state index is 13.8. The van der Waals surface area contributed by atoms with Gasteiger partial charge >= 0.3 is 0 Å². The van der Waals surface area contributed by atoms with Crippen molar-refractivity contribution in [2.75, 3.05) is 11.1 Å². The van der Waals surface area contributed by atoms with Crippen molar-refractivity contribution in [3.63, 3.8) is 0 Å². The normalized spacial score (nSPS) is 10.7. The summed E-state index contributed by atoms with van der Waals surface area (Å²) in [6.07, 6.45) is 0. The Morgan fingerprint density at radius 3 is 2.34 bits per heavy atom. The lowest BCUT2D eigenvalue weighted by molar-refractivity contribution is -0.113. The molecule has 0 saturated carbocycles. The van der Waals surface area contributed by atoms with Crippen molar-refractivity contribution < 1.29 is 13.6 Å². The molecule has 0 unspecified atom stereocenters. The molecule has 1 amide bonds. The molecule has 1 aromatic heterocycles. The van der Waals surface area contributed by atoms with Gasteiger partial charge in [-0.3, -0.25) is 4.79 Å². The molecule has 0 aliphatic rings. The number of rotatable bonds is 6. The van der Waals surface area contributed by atoms with Crippen LogP contribution < -0.4 is 5.32 Å². The summed E-state index contributed by atoms with van der Waals surface area (Å²) in [6, 6.07) is 23.8. The summed E-state index contributed by atoms with van der Waals surface area (Å²) in [5, 5.41) is 10.7. The molecular formula is C22H16FN3O2S. The molecule has 0 aliphatic carbocycles. The summed E-state index contributed by atoms with van der Waals surface area (Å²) in [6.45, 7) is 0. The van der Waals surface area contributed by atoms with Gasteiger partial charge in [-0.1, -0.05) is 66.4 Å². The van der Waals surface area contributed by atoms with E-state index in [9.17, 15) is 9.18 Å². The van der Waals surface area contributed by atoms with E-state index in [0.29, 0.717) is 5.69 Å². The molecule has 0 fully saturated rings. The topological polar surface area (TPSA) is 68.0 Å². The summed E-state index contributed by atoms with van der Waals surface area (Å²) in [7, 11) is 0. The van der Waals surface area contributed by atoms with E-state index in [4.69, 9.17) is 4.42 Å². The molecule has 5 nitrogen and oxygen atoms in total. The maximum atomic E-state index is 13.8. The molecular weight excluding hydrogens is 389 g/mol. The number of carbonyl (C=O) groups is 1. The predicted octanol–water partition coefficient (Wildman–Crippen LogP) is 5.27. The fraction of sp³-hybridized carbons (Fsp3) is 0.0455. The summed E-state index contributed by atoms with van der Waals surface area (Å²) >= 11 is 1.09. The second-order valence-corrected chi connectivity index (χ2v) is 7.06. The van der Waals surface area contributed by atoms with Crippen molar-refractivity contribution in [2.24, 2.45) is 0 Å². The van der Waals surface area contributed by atoms with Gasteiger partial charge < -0.3 is 9.73 Å². The van der Waals surface area contributed by atoms with E-state index in [1.807, 2.05) is 54.6 Å². The Kier molecular flexibility index (Phi) is 5.67. The van der Waals surface area contributed by atoms with Gasteiger partial charge in [-0.15, -0.1) is 10.2 Å². The molecule has 4 aromatic rings. The largest absolute Gasteiger partial charge is 0.411 e. The number of benzene rings is 3. The van der Waals surface area contributed by atoms with Crippen LogP contribution in [0.5, 0.6) is 0 Å². The van der Waals surface area contributed by atoms with Crippen LogP contribution in [0, 0.1) is 5.82 Å². The number of thioether (sulfide) groups is 1. The molecule has 0 radical (unpaired) electrons. The number of aromatic nitrogens is 2. The Morgan fingerprint density at radius 2 is 1.59 bits per heavy atom. The number of anilines is 1. The van der Waals surface area contributed by atoms with Gasteiger partial charge in [0.15, 0.2) is 0 Å². The highest BCUT2D eigenvalue weighted by atomic mass is 32.2. The van der Waals surface area contributed by atoms with Gasteiger partial charge in [0.05, 0.1) is 11.3 Å². The molecule has 0 saturated heterocycles. The molecule has 0 spiro atoms. The first-order valence-corrected chi connectivity index (χ1v) is 9.84. The lowest BCUT2D eigenvalue weighted by Crippen LogP contribution is -2.13. The van der Waals surface area contributed by atoms with Crippen molar-refractivity contribution in [1.29, 1.82) is 0 Å². The third kappa shape index (κ3) is 4.70. The predicted molar refractivity (Wildman–Crippen MR) is 111 cm³/mol. The van der Waals surface area contributed by atoms with E-state index in [1.54, 1.807) is 18.2 Å². The van der Waals surface area contributed by atoms with Crippen molar-refractivity contribution >= 4 is 23.4 Å². The zero-order chi connectivity index (χ0) is 20.1. The first kappa shape index (κ1) is 18.9. The molecule has 1 N–H and O–H groups in total. The van der Waals surface area contributed by atoms with Crippen molar-refractivity contribution in [2.45, 2.75) is 5.22 Å². The van der Waals surface area contributed by atoms with Crippen LogP contribution in [-0.4, -0.2) is 21.9 Å². The second kappa shape index (κ2) is 8.70. The average molecular weight is 405 g/mol. The molecule has 29 heavy (non-hydrogen) atoms. The Morgan fingerprint density at radius 1 is 0.897 bits per heavy atom. The van der Waals surface area contributed by atoms with E-state index < -0.39 is 5.82 Å². The van der Waals surface area contributed by atoms with Crippen LogP contribution in [0.1, 0.15) is 0 Å². The molecule has 144 valence electrons. The third-order valence-electron chi connectivity index (χ3n) is 4.11. The van der Waals surface area contributed by atoms with Gasteiger partial charge in [0.2, 0.25) is 5.91 Å². The zero-order valence-electron chi connectivity index (χ0n) is 15.2. The Balaban J connectivity index is 1.33. The summed E-state index contributed by atoms with van der Waals surface area (Å²) in [4.78, 5) is 12.2. The number of nitrogens with one attached hydrogen (secondary N) is 1. The summed E-state index contributed by atoms with van der Waals surface area (Å²) in [5.74, 6) is -0.459. The Bertz CT molecular complexity index is 1110. The van der Waals surface area contributed by atoms with Crippen LogP contribution in [0.4, 0.5) is 10.1 Å². The molecule has 4 rings (SSSR count). The first-order chi connectivity index (χ1) is 14.2. The fourth-order valence-electron chi connectivity index (χ4n) is 2.71. The van der Waals surface area contributed by atoms with E-state index >= 15 is 0 Å². The van der Waals surface area contributed by atoms with Gasteiger partial charge in [0.25, 0.3) is 11.1 Å². The first-order valence-electron chi connectivity index (χ1n) is 8.85. The van der Waals surface area contributed by atoms with Gasteiger partial charge in [-0.2, -0.15) is 0 Å². The highest BCUT2D eigenvalue weighted by Crippen LogP contribution is 2.25. The minimum atomic E-state index is -0.440. The van der Waals surface area contributed by atoms with Crippen molar-refractivity contribution in [3.8, 4) is 22.6 Å².